The molecule has 19 heavy (non-hydrogen) atoms. The minimum Gasteiger partial charge on any atom is -0.279 e. The number of sulfonamides is 1. The van der Waals surface area contributed by atoms with E-state index in [1.807, 2.05) is 26.0 Å². The van der Waals surface area contributed by atoms with Gasteiger partial charge in [-0.05, 0) is 53.0 Å². The number of nitrogens with one attached hydrogen (secondary N) is 1. The summed E-state index contributed by atoms with van der Waals surface area (Å²) in [5.41, 5.74) is 2.45. The molecule has 4 nitrogen and oxygen atoms in total. The fraction of sp³-hybridized carbons (Fsp3) is 0.154. The molecule has 0 amide bonds. The Morgan fingerprint density at radius 3 is 2.58 bits per heavy atom. The van der Waals surface area contributed by atoms with Gasteiger partial charge in [0.2, 0.25) is 0 Å². The Balaban J connectivity index is 2.39. The quantitative estimate of drug-likeness (QED) is 0.932. The first kappa shape index (κ1) is 14.0. The zero-order valence-electron chi connectivity index (χ0n) is 10.5. The van der Waals surface area contributed by atoms with E-state index in [9.17, 15) is 8.42 Å². The largest absolute Gasteiger partial charge is 0.279 e. The Hall–Kier alpha value is -1.40. The van der Waals surface area contributed by atoms with E-state index < -0.39 is 10.0 Å². The molecule has 2 aromatic rings. The number of aryl methyl sites for hydroxylation is 2. The molecule has 0 saturated heterocycles. The molecular formula is C13H13BrN2O2S. The van der Waals surface area contributed by atoms with Gasteiger partial charge < -0.3 is 0 Å². The molecule has 1 aromatic heterocycles. The van der Waals surface area contributed by atoms with Crippen LogP contribution in [0.1, 0.15) is 11.1 Å². The second-order valence-electron chi connectivity index (χ2n) is 4.26. The standard InChI is InChI=1S/C13H13BrN2O2S/c1-9-3-4-10(2)13(5-9)16-19(17,18)12-6-11(14)7-15-8-12/h3-8,16H,1-2H3. The highest BCUT2D eigenvalue weighted by molar-refractivity contribution is 9.10. The van der Waals surface area contributed by atoms with Crippen LogP contribution >= 0.6 is 15.9 Å². The first-order valence-electron chi connectivity index (χ1n) is 5.59. The molecule has 0 aliphatic rings. The van der Waals surface area contributed by atoms with Gasteiger partial charge in [0.25, 0.3) is 10.0 Å². The molecule has 1 aromatic carbocycles. The van der Waals surface area contributed by atoms with E-state index in [1.54, 1.807) is 6.07 Å². The lowest BCUT2D eigenvalue weighted by atomic mass is 10.1. The number of hydrogen-bond donors (Lipinski definition) is 1. The number of hydrogen-bond acceptors (Lipinski definition) is 3. The van der Waals surface area contributed by atoms with Crippen molar-refractivity contribution in [2.45, 2.75) is 18.7 Å². The van der Waals surface area contributed by atoms with E-state index in [4.69, 9.17) is 0 Å². The fourth-order valence-electron chi connectivity index (χ4n) is 1.59. The van der Waals surface area contributed by atoms with Crippen LogP contribution in [0.25, 0.3) is 0 Å². The molecule has 0 atom stereocenters. The smallest absolute Gasteiger partial charge is 0.263 e. The number of aromatic nitrogens is 1. The van der Waals surface area contributed by atoms with Crippen molar-refractivity contribution in [1.82, 2.24) is 4.98 Å². The molecule has 1 heterocycles. The molecule has 0 saturated carbocycles. The lowest BCUT2D eigenvalue weighted by Crippen LogP contribution is -2.14. The number of anilines is 1. The van der Waals surface area contributed by atoms with Gasteiger partial charge in [-0.15, -0.1) is 0 Å². The maximum Gasteiger partial charge on any atom is 0.263 e. The van der Waals surface area contributed by atoms with Crippen molar-refractivity contribution in [3.8, 4) is 0 Å². The molecule has 1 N–H and O–H groups in total. The summed E-state index contributed by atoms with van der Waals surface area (Å²) in [4.78, 5) is 3.99. The van der Waals surface area contributed by atoms with Crippen LogP contribution in [-0.4, -0.2) is 13.4 Å². The highest BCUT2D eigenvalue weighted by Gasteiger charge is 2.16. The Kier molecular flexibility index (Phi) is 3.91. The SMILES string of the molecule is Cc1ccc(C)c(NS(=O)(=O)c2cncc(Br)c2)c1. The van der Waals surface area contributed by atoms with Crippen LogP contribution in [0.15, 0.2) is 46.0 Å². The van der Waals surface area contributed by atoms with E-state index in [0.717, 1.165) is 11.1 Å². The molecule has 0 radical (unpaired) electrons. The third-order valence-electron chi connectivity index (χ3n) is 2.63. The third-order valence-corrected chi connectivity index (χ3v) is 4.39. The van der Waals surface area contributed by atoms with Crippen LogP contribution in [0.5, 0.6) is 0 Å². The zero-order valence-corrected chi connectivity index (χ0v) is 12.9. The predicted octanol–water partition coefficient (Wildman–Crippen LogP) is 3.26. The molecule has 0 unspecified atom stereocenters. The van der Waals surface area contributed by atoms with Crippen LogP contribution in [0, 0.1) is 13.8 Å². The Labute approximate surface area is 121 Å². The van der Waals surface area contributed by atoms with Crippen molar-refractivity contribution in [3.05, 3.63) is 52.3 Å². The average molecular weight is 341 g/mol. The van der Waals surface area contributed by atoms with Crippen molar-refractivity contribution in [3.63, 3.8) is 0 Å². The maximum absolute atomic E-state index is 12.2. The zero-order chi connectivity index (χ0) is 14.0. The van der Waals surface area contributed by atoms with Crippen molar-refractivity contribution >= 4 is 31.6 Å². The summed E-state index contributed by atoms with van der Waals surface area (Å²) in [6, 6.07) is 7.14. The van der Waals surface area contributed by atoms with Gasteiger partial charge in [-0.3, -0.25) is 9.71 Å². The van der Waals surface area contributed by atoms with Gasteiger partial charge in [0.1, 0.15) is 4.90 Å². The van der Waals surface area contributed by atoms with Crippen molar-refractivity contribution < 1.29 is 8.42 Å². The molecule has 0 spiro atoms. The maximum atomic E-state index is 12.2. The van der Waals surface area contributed by atoms with Crippen LogP contribution in [0.2, 0.25) is 0 Å². The van der Waals surface area contributed by atoms with Gasteiger partial charge in [0, 0.05) is 16.9 Å². The normalized spacial score (nSPS) is 11.3. The van der Waals surface area contributed by atoms with Gasteiger partial charge in [0.05, 0.1) is 5.69 Å². The average Bonchev–Trinajstić information content (AvgIpc) is 2.33. The Bertz CT molecular complexity index is 714. The molecule has 0 fully saturated rings. The van der Waals surface area contributed by atoms with Crippen LogP contribution in [-0.2, 0) is 10.0 Å². The van der Waals surface area contributed by atoms with E-state index in [-0.39, 0.29) is 4.90 Å². The van der Waals surface area contributed by atoms with Gasteiger partial charge in [-0.25, -0.2) is 8.42 Å². The van der Waals surface area contributed by atoms with E-state index in [1.165, 1.54) is 18.5 Å². The first-order chi connectivity index (χ1) is 8.88. The second-order valence-corrected chi connectivity index (χ2v) is 6.86. The van der Waals surface area contributed by atoms with E-state index >= 15 is 0 Å². The molecule has 100 valence electrons. The summed E-state index contributed by atoms with van der Waals surface area (Å²) in [5.74, 6) is 0. The molecule has 6 heteroatoms. The van der Waals surface area contributed by atoms with Crippen molar-refractivity contribution in [1.29, 1.82) is 0 Å². The lowest BCUT2D eigenvalue weighted by molar-refractivity contribution is 0.600. The molecular weight excluding hydrogens is 328 g/mol. The number of nitrogens with zero attached hydrogens (tertiary/aromatic N) is 1. The van der Waals surface area contributed by atoms with Crippen LogP contribution < -0.4 is 4.72 Å². The number of benzene rings is 1. The minimum absolute atomic E-state index is 0.128. The summed E-state index contributed by atoms with van der Waals surface area (Å²) in [5, 5.41) is 0. The number of pyridine rings is 1. The van der Waals surface area contributed by atoms with Crippen molar-refractivity contribution in [2.75, 3.05) is 4.72 Å². The monoisotopic (exact) mass is 340 g/mol. The van der Waals surface area contributed by atoms with Gasteiger partial charge in [0.15, 0.2) is 0 Å². The highest BCUT2D eigenvalue weighted by atomic mass is 79.9. The number of rotatable bonds is 3. The summed E-state index contributed by atoms with van der Waals surface area (Å²) >= 11 is 3.21. The number of halogens is 1. The first-order valence-corrected chi connectivity index (χ1v) is 7.87. The van der Waals surface area contributed by atoms with Gasteiger partial charge in [-0.2, -0.15) is 0 Å². The minimum atomic E-state index is -3.62. The fourth-order valence-corrected chi connectivity index (χ4v) is 3.21. The van der Waals surface area contributed by atoms with Crippen LogP contribution in [0.3, 0.4) is 0 Å². The second kappa shape index (κ2) is 5.30. The Morgan fingerprint density at radius 1 is 1.16 bits per heavy atom. The topological polar surface area (TPSA) is 59.1 Å². The summed E-state index contributed by atoms with van der Waals surface area (Å²) in [6.07, 6.45) is 2.86. The van der Waals surface area contributed by atoms with E-state index in [0.29, 0.717) is 10.2 Å². The van der Waals surface area contributed by atoms with Crippen molar-refractivity contribution in [2.24, 2.45) is 0 Å². The predicted molar refractivity (Wildman–Crippen MR) is 78.7 cm³/mol. The summed E-state index contributed by atoms with van der Waals surface area (Å²) in [6.45, 7) is 3.77. The summed E-state index contributed by atoms with van der Waals surface area (Å²) < 4.78 is 27.7. The summed E-state index contributed by atoms with van der Waals surface area (Å²) in [7, 11) is -3.62. The third kappa shape index (κ3) is 3.33. The molecule has 0 bridgehead atoms. The van der Waals surface area contributed by atoms with Gasteiger partial charge in [-0.1, -0.05) is 12.1 Å². The van der Waals surface area contributed by atoms with Crippen LogP contribution in [0.4, 0.5) is 5.69 Å². The molecule has 2 rings (SSSR count). The molecule has 0 aliphatic carbocycles. The van der Waals surface area contributed by atoms with Gasteiger partial charge >= 0.3 is 0 Å². The lowest BCUT2D eigenvalue weighted by Gasteiger charge is -2.11. The molecule has 0 aliphatic heterocycles. The Morgan fingerprint density at radius 2 is 1.89 bits per heavy atom. The van der Waals surface area contributed by atoms with E-state index in [2.05, 4.69) is 25.6 Å². The highest BCUT2D eigenvalue weighted by Crippen LogP contribution is 2.22.